The van der Waals surface area contributed by atoms with Gasteiger partial charge in [0.05, 0.1) is 12.0 Å². The molecule has 0 radical (unpaired) electrons. The van der Waals surface area contributed by atoms with Gasteiger partial charge >= 0.3 is 5.97 Å². The maximum Gasteiger partial charge on any atom is 0.323 e. The van der Waals surface area contributed by atoms with Gasteiger partial charge in [0.25, 0.3) is 0 Å². The van der Waals surface area contributed by atoms with Crippen molar-refractivity contribution in [2.45, 2.75) is 30.6 Å². The Morgan fingerprint density at radius 3 is 2.03 bits per heavy atom. The van der Waals surface area contributed by atoms with Crippen LogP contribution in [0.5, 0.6) is 0 Å². The molecule has 0 fully saturated rings. The number of carbonyl (C=O) groups excluding carboxylic acids is 2. The number of nitrogens with one attached hydrogen (secondary N) is 1. The Balaban J connectivity index is 2.17. The quantitative estimate of drug-likeness (QED) is 0.235. The van der Waals surface area contributed by atoms with E-state index < -0.39 is 22.8 Å². The van der Waals surface area contributed by atoms with E-state index in [-0.39, 0.29) is 25.3 Å². The van der Waals surface area contributed by atoms with Gasteiger partial charge in [-0.25, -0.2) is 4.39 Å². The van der Waals surface area contributed by atoms with Gasteiger partial charge in [0, 0.05) is 30.5 Å². The average molecular weight is 522 g/mol. The van der Waals surface area contributed by atoms with Gasteiger partial charge in [0.2, 0.25) is 5.91 Å². The van der Waals surface area contributed by atoms with Crippen molar-refractivity contribution in [2.75, 3.05) is 36.4 Å². The number of amides is 1. The van der Waals surface area contributed by atoms with Crippen LogP contribution in [-0.2, 0) is 27.2 Å². The zero-order valence-corrected chi connectivity index (χ0v) is 22.0. The zero-order chi connectivity index (χ0) is 26.1. The van der Waals surface area contributed by atoms with E-state index in [1.165, 1.54) is 12.1 Å². The second kappa shape index (κ2) is 13.2. The number of nitrogens with two attached hydrogens (primary N) is 1. The molecule has 0 spiro atoms. The number of benzene rings is 2. The fourth-order valence-corrected chi connectivity index (χ4v) is 4.17. The van der Waals surface area contributed by atoms with Crippen LogP contribution in [0, 0.1) is 5.82 Å². The molecule has 2 atom stereocenters. The number of hydrogen-bond donors (Lipinski definition) is 2. The highest BCUT2D eigenvalue weighted by Crippen LogP contribution is 2.19. The van der Waals surface area contributed by atoms with E-state index in [9.17, 15) is 14.0 Å². The molecule has 188 valence electrons. The summed E-state index contributed by atoms with van der Waals surface area (Å²) < 4.78 is 18.5. The second-order valence-electron chi connectivity index (χ2n) is 8.94. The Morgan fingerprint density at radius 2 is 1.51 bits per heavy atom. The molecule has 1 amide bonds. The Labute approximate surface area is 218 Å². The molecule has 0 aromatic heterocycles. The predicted molar refractivity (Wildman–Crippen MR) is 145 cm³/mol. The van der Waals surface area contributed by atoms with Crippen LogP contribution < -0.4 is 16.0 Å². The average Bonchev–Trinajstić information content (AvgIpc) is 2.81. The van der Waals surface area contributed by atoms with E-state index in [1.54, 1.807) is 34.7 Å². The van der Waals surface area contributed by atoms with Crippen molar-refractivity contribution >= 4 is 56.5 Å². The molecule has 0 aliphatic heterocycles. The van der Waals surface area contributed by atoms with Crippen LogP contribution in [0.3, 0.4) is 0 Å². The molecule has 35 heavy (non-hydrogen) atoms. The van der Waals surface area contributed by atoms with Crippen LogP contribution in [0.4, 0.5) is 10.1 Å². The molecule has 0 aliphatic rings. The summed E-state index contributed by atoms with van der Waals surface area (Å²) in [4.78, 5) is 28.1. The van der Waals surface area contributed by atoms with E-state index in [2.05, 4.69) is 10.2 Å². The third-order valence-corrected chi connectivity index (χ3v) is 6.02. The Morgan fingerprint density at radius 1 is 1.00 bits per heavy atom. The van der Waals surface area contributed by atoms with Crippen molar-refractivity contribution in [1.82, 2.24) is 5.32 Å². The lowest BCUT2D eigenvalue weighted by Gasteiger charge is -2.33. The minimum absolute atomic E-state index is 0.125. The number of alkyl halides is 2. The van der Waals surface area contributed by atoms with E-state index in [0.717, 1.165) is 11.3 Å². The Hall–Kier alpha value is -2.22. The van der Waals surface area contributed by atoms with Gasteiger partial charge in [0.1, 0.15) is 26.9 Å². The van der Waals surface area contributed by atoms with Crippen LogP contribution in [-0.4, -0.2) is 69.9 Å². The first-order valence-electron chi connectivity index (χ1n) is 11.5. The van der Waals surface area contributed by atoms with Gasteiger partial charge in [-0.05, 0) is 55.2 Å². The first-order valence-corrected chi connectivity index (χ1v) is 12.6. The molecule has 3 N–H and O–H groups in total. The molecule has 2 unspecified atom stereocenters. The van der Waals surface area contributed by atoms with Crippen molar-refractivity contribution in [1.29, 1.82) is 0 Å². The molecule has 0 saturated carbocycles. The standard InChI is InChI=1S/C24H32B2Cl2FN3O3/c1-2-35-22(34)24(26,16-18-3-7-19(29)8-4-18)31-21(33)23(25,30)15-17-5-9-20(10-6-17)32(13-11-27)14-12-28/h3-10H,2,11-16,25-26,30H2,1H3,(H,31,33). The van der Waals surface area contributed by atoms with E-state index in [4.69, 9.17) is 33.7 Å². The van der Waals surface area contributed by atoms with Gasteiger partial charge in [-0.15, -0.1) is 23.2 Å². The van der Waals surface area contributed by atoms with Crippen molar-refractivity contribution in [3.63, 3.8) is 0 Å². The minimum Gasteiger partial charge on any atom is -0.465 e. The van der Waals surface area contributed by atoms with Gasteiger partial charge in [-0.2, -0.15) is 0 Å². The summed E-state index contributed by atoms with van der Waals surface area (Å²) in [7, 11) is 3.20. The summed E-state index contributed by atoms with van der Waals surface area (Å²) in [5.74, 6) is -0.500. The SMILES string of the molecule is BC(N)(Cc1ccc(N(CCCl)CCCl)cc1)C(=O)NC(B)(Cc1ccc(F)cc1)C(=O)OCC. The molecule has 2 rings (SSSR count). The second-order valence-corrected chi connectivity index (χ2v) is 9.69. The highest BCUT2D eigenvalue weighted by atomic mass is 35.5. The zero-order valence-electron chi connectivity index (χ0n) is 20.5. The van der Waals surface area contributed by atoms with Crippen LogP contribution >= 0.6 is 23.2 Å². The smallest absolute Gasteiger partial charge is 0.323 e. The monoisotopic (exact) mass is 521 g/mol. The summed E-state index contributed by atoms with van der Waals surface area (Å²) in [6.07, 6.45) is 0.374. The number of carbonyl (C=O) groups is 2. The number of esters is 1. The molecule has 0 heterocycles. The van der Waals surface area contributed by atoms with Crippen LogP contribution in [0.2, 0.25) is 0 Å². The summed E-state index contributed by atoms with van der Waals surface area (Å²) in [6, 6.07) is 13.5. The van der Waals surface area contributed by atoms with Gasteiger partial charge < -0.3 is 20.7 Å². The predicted octanol–water partition coefficient (Wildman–Crippen LogP) is 1.19. The number of hydrogen-bond acceptors (Lipinski definition) is 5. The number of ether oxygens (including phenoxy) is 1. The van der Waals surface area contributed by atoms with Crippen LogP contribution in [0.15, 0.2) is 48.5 Å². The maximum atomic E-state index is 13.3. The van der Waals surface area contributed by atoms with Crippen LogP contribution in [0.25, 0.3) is 0 Å². The third-order valence-electron chi connectivity index (χ3n) is 5.69. The number of rotatable bonds is 13. The molecule has 6 nitrogen and oxygen atoms in total. The minimum atomic E-state index is -1.38. The van der Waals surface area contributed by atoms with Gasteiger partial charge in [-0.1, -0.05) is 24.3 Å². The molecule has 2 aromatic rings. The fraction of sp³-hybridized carbons (Fsp3) is 0.417. The molecule has 0 aliphatic carbocycles. The van der Waals surface area contributed by atoms with Crippen molar-refractivity contribution in [3.05, 3.63) is 65.5 Å². The normalized spacial score (nSPS) is 14.4. The van der Waals surface area contributed by atoms with Crippen molar-refractivity contribution in [2.24, 2.45) is 5.73 Å². The number of anilines is 1. The molecule has 0 saturated heterocycles. The van der Waals surface area contributed by atoms with Gasteiger partial charge in [-0.3, -0.25) is 9.59 Å². The Bertz CT molecular complexity index is 975. The topological polar surface area (TPSA) is 84.7 Å². The van der Waals surface area contributed by atoms with E-state index >= 15 is 0 Å². The molecule has 0 bridgehead atoms. The first kappa shape index (κ1) is 29.0. The van der Waals surface area contributed by atoms with E-state index in [1.807, 2.05) is 24.3 Å². The van der Waals surface area contributed by atoms with E-state index in [0.29, 0.717) is 30.4 Å². The van der Waals surface area contributed by atoms with Crippen LogP contribution in [0.1, 0.15) is 18.1 Å². The first-order chi connectivity index (χ1) is 16.5. The third kappa shape index (κ3) is 8.44. The van der Waals surface area contributed by atoms with Gasteiger partial charge in [0.15, 0.2) is 0 Å². The highest BCUT2D eigenvalue weighted by Gasteiger charge is 2.40. The number of halogens is 3. The maximum absolute atomic E-state index is 13.3. The molecular formula is C24H32B2Cl2FN3O3. The lowest BCUT2D eigenvalue weighted by atomic mass is 9.69. The summed E-state index contributed by atoms with van der Waals surface area (Å²) in [5.41, 5.74) is 6.26. The highest BCUT2D eigenvalue weighted by molar-refractivity contribution is 6.32. The molecule has 2 aromatic carbocycles. The van der Waals surface area contributed by atoms with Crippen molar-refractivity contribution in [3.8, 4) is 0 Å². The lowest BCUT2D eigenvalue weighted by molar-refractivity contribution is -0.149. The lowest BCUT2D eigenvalue weighted by Crippen LogP contribution is -2.65. The van der Waals surface area contributed by atoms with Crippen molar-refractivity contribution < 1.29 is 18.7 Å². The summed E-state index contributed by atoms with van der Waals surface area (Å²) >= 11 is 11.8. The fourth-order valence-electron chi connectivity index (χ4n) is 3.76. The number of nitrogens with zero attached hydrogens (tertiary/aromatic N) is 1. The summed E-state index contributed by atoms with van der Waals surface area (Å²) in [5, 5.41) is 2.79. The largest absolute Gasteiger partial charge is 0.465 e. The molecule has 11 heteroatoms. The summed E-state index contributed by atoms with van der Waals surface area (Å²) in [6.45, 7) is 3.19. The Kier molecular flexibility index (Phi) is 10.9. The molecular weight excluding hydrogens is 490 g/mol.